The van der Waals surface area contributed by atoms with Crippen LogP contribution in [0.4, 0.5) is 4.39 Å². The van der Waals surface area contributed by atoms with Crippen molar-refractivity contribution >= 4 is 40.8 Å². The van der Waals surface area contributed by atoms with Crippen molar-refractivity contribution < 1.29 is 9.18 Å². The van der Waals surface area contributed by atoms with Gasteiger partial charge in [0.25, 0.3) is 5.91 Å². The van der Waals surface area contributed by atoms with Gasteiger partial charge in [-0.25, -0.2) is 9.07 Å². The first kappa shape index (κ1) is 24.3. The van der Waals surface area contributed by atoms with E-state index >= 15 is 0 Å². The minimum absolute atomic E-state index is 0.184. The van der Waals surface area contributed by atoms with E-state index in [9.17, 15) is 9.18 Å². The van der Waals surface area contributed by atoms with E-state index in [0.717, 1.165) is 40.8 Å². The Morgan fingerprint density at radius 1 is 1.06 bits per heavy atom. The summed E-state index contributed by atoms with van der Waals surface area (Å²) in [5.41, 5.74) is 5.62. The molecule has 1 atom stereocenters. The van der Waals surface area contributed by atoms with Gasteiger partial charge in [0, 0.05) is 10.6 Å². The number of fused-ring (bicyclic) bond motifs is 1. The highest BCUT2D eigenvalue weighted by molar-refractivity contribution is 6.35. The summed E-state index contributed by atoms with van der Waals surface area (Å²) >= 11 is 12.7. The van der Waals surface area contributed by atoms with E-state index in [1.807, 2.05) is 43.3 Å². The van der Waals surface area contributed by atoms with E-state index in [0.29, 0.717) is 27.8 Å². The number of hydrogen-bond acceptors (Lipinski definition) is 2. The lowest BCUT2D eigenvalue weighted by Gasteiger charge is -2.19. The van der Waals surface area contributed by atoms with Crippen LogP contribution < -0.4 is 5.32 Å². The first-order chi connectivity index (χ1) is 17.4. The molecule has 1 aromatic heterocycles. The molecule has 0 saturated carbocycles. The molecule has 5 rings (SSSR count). The van der Waals surface area contributed by atoms with Crippen molar-refractivity contribution in [2.24, 2.45) is 0 Å². The summed E-state index contributed by atoms with van der Waals surface area (Å²) in [4.78, 5) is 13.5. The number of benzene rings is 3. The molecule has 4 nitrogen and oxygen atoms in total. The third-order valence-corrected chi connectivity index (χ3v) is 6.91. The van der Waals surface area contributed by atoms with E-state index in [2.05, 4.69) is 5.32 Å². The number of nitrogens with zero attached hydrogens (tertiary/aromatic N) is 2. The predicted octanol–water partition coefficient (Wildman–Crippen LogP) is 7.69. The van der Waals surface area contributed by atoms with Crippen molar-refractivity contribution in [1.29, 1.82) is 0 Å². The Bertz CT molecular complexity index is 1450. The highest BCUT2D eigenvalue weighted by atomic mass is 35.5. The first-order valence-electron chi connectivity index (χ1n) is 11.8. The van der Waals surface area contributed by atoms with E-state index in [4.69, 9.17) is 28.3 Å². The second-order valence-corrected chi connectivity index (χ2v) is 9.71. The van der Waals surface area contributed by atoms with Crippen LogP contribution in [0.15, 0.2) is 72.8 Å². The highest BCUT2D eigenvalue weighted by Gasteiger charge is 2.29. The zero-order valence-corrected chi connectivity index (χ0v) is 21.2. The van der Waals surface area contributed by atoms with Crippen LogP contribution in [0.3, 0.4) is 0 Å². The van der Waals surface area contributed by atoms with Gasteiger partial charge in [0.1, 0.15) is 5.82 Å². The Kier molecular flexibility index (Phi) is 6.95. The molecule has 1 aliphatic carbocycles. The van der Waals surface area contributed by atoms with E-state index < -0.39 is 0 Å². The zero-order valence-electron chi connectivity index (χ0n) is 19.6. The van der Waals surface area contributed by atoms with Gasteiger partial charge >= 0.3 is 0 Å². The van der Waals surface area contributed by atoms with Crippen molar-refractivity contribution in [2.45, 2.75) is 32.2 Å². The Morgan fingerprint density at radius 2 is 1.81 bits per heavy atom. The third kappa shape index (κ3) is 4.95. The maximum absolute atomic E-state index is 13.5. The number of hydrogen-bond donors (Lipinski definition) is 1. The lowest BCUT2D eigenvalue weighted by atomic mass is 9.89. The van der Waals surface area contributed by atoms with Crippen molar-refractivity contribution in [3.05, 3.63) is 117 Å². The van der Waals surface area contributed by atoms with E-state index in [-0.39, 0.29) is 17.8 Å². The van der Waals surface area contributed by atoms with E-state index in [1.54, 1.807) is 35.0 Å². The minimum Gasteiger partial charge on any atom is -0.344 e. The Morgan fingerprint density at radius 3 is 2.53 bits per heavy atom. The van der Waals surface area contributed by atoms with Gasteiger partial charge in [-0.15, -0.1) is 0 Å². The molecule has 0 spiro atoms. The minimum atomic E-state index is -0.286. The van der Waals surface area contributed by atoms with Gasteiger partial charge in [-0.05, 0) is 79.3 Å². The van der Waals surface area contributed by atoms with Crippen LogP contribution in [0.25, 0.3) is 17.3 Å². The summed E-state index contributed by atoms with van der Waals surface area (Å²) in [5, 5.41) is 8.82. The van der Waals surface area contributed by atoms with Gasteiger partial charge < -0.3 is 5.32 Å². The number of nitrogens with one attached hydrogen (secondary N) is 1. The summed E-state index contributed by atoms with van der Waals surface area (Å²) < 4.78 is 15.2. The summed E-state index contributed by atoms with van der Waals surface area (Å²) in [6.07, 6.45) is 4.40. The quantitative estimate of drug-likeness (QED) is 0.293. The molecule has 4 aromatic rings. The van der Waals surface area contributed by atoms with Crippen molar-refractivity contribution in [2.75, 3.05) is 0 Å². The van der Waals surface area contributed by atoms with Crippen LogP contribution in [0.1, 0.15) is 58.7 Å². The molecule has 3 aromatic carbocycles. The normalized spacial score (nSPS) is 14.9. The molecule has 1 amide bonds. The monoisotopic (exact) mass is 519 g/mol. The van der Waals surface area contributed by atoms with Gasteiger partial charge in [-0.3, -0.25) is 4.79 Å². The molecule has 0 bridgehead atoms. The fraction of sp³-hybridized carbons (Fsp3) is 0.172. The van der Waals surface area contributed by atoms with Gasteiger partial charge in [0.15, 0.2) is 5.69 Å². The maximum atomic E-state index is 13.5. The molecule has 1 N–H and O–H groups in total. The largest absolute Gasteiger partial charge is 0.344 e. The van der Waals surface area contributed by atoms with Crippen LogP contribution in [-0.2, 0) is 6.42 Å². The average molecular weight is 520 g/mol. The number of carbonyl (C=O) groups is 1. The molecule has 7 heteroatoms. The lowest BCUT2D eigenvalue weighted by Crippen LogP contribution is -2.28. The number of halogens is 3. The number of aromatic nitrogens is 2. The first-order valence-corrected chi connectivity index (χ1v) is 12.6. The molecular weight excluding hydrogens is 496 g/mol. The summed E-state index contributed by atoms with van der Waals surface area (Å²) in [7, 11) is 0. The summed E-state index contributed by atoms with van der Waals surface area (Å²) in [6, 6.07) is 21.2. The van der Waals surface area contributed by atoms with Crippen molar-refractivity contribution in [3.63, 3.8) is 0 Å². The van der Waals surface area contributed by atoms with Crippen LogP contribution in [-0.4, -0.2) is 15.7 Å². The summed E-state index contributed by atoms with van der Waals surface area (Å²) in [5.74, 6) is -0.527. The van der Waals surface area contributed by atoms with Gasteiger partial charge in [0.05, 0.1) is 22.4 Å². The SMILES string of the molecule is C[C@@H](NC(=O)c1nn(-c2ccc(Cl)cc2Cl)c2c1CCC/C2=C\c1ccc(F)cc1)c1ccccc1. The third-order valence-electron chi connectivity index (χ3n) is 6.37. The van der Waals surface area contributed by atoms with Crippen LogP contribution in [0, 0.1) is 5.82 Å². The van der Waals surface area contributed by atoms with Crippen LogP contribution in [0.2, 0.25) is 10.0 Å². The molecule has 1 aliphatic rings. The van der Waals surface area contributed by atoms with Crippen LogP contribution in [0.5, 0.6) is 0 Å². The maximum Gasteiger partial charge on any atom is 0.272 e. The molecule has 0 unspecified atom stereocenters. The topological polar surface area (TPSA) is 46.9 Å². The number of amides is 1. The molecule has 36 heavy (non-hydrogen) atoms. The average Bonchev–Trinajstić information content (AvgIpc) is 3.26. The lowest BCUT2D eigenvalue weighted by molar-refractivity contribution is 0.0933. The smallest absolute Gasteiger partial charge is 0.272 e. The Labute approximate surface area is 219 Å². The number of carbonyl (C=O) groups excluding carboxylic acids is 1. The second kappa shape index (κ2) is 10.3. The Balaban J connectivity index is 1.61. The molecular formula is C29H24Cl2FN3O. The predicted molar refractivity (Wildman–Crippen MR) is 143 cm³/mol. The molecule has 1 heterocycles. The zero-order chi connectivity index (χ0) is 25.2. The van der Waals surface area contributed by atoms with Crippen molar-refractivity contribution in [3.8, 4) is 5.69 Å². The molecule has 0 fully saturated rings. The van der Waals surface area contributed by atoms with Crippen molar-refractivity contribution in [1.82, 2.24) is 15.1 Å². The summed E-state index contributed by atoms with van der Waals surface area (Å²) in [6.45, 7) is 1.95. The second-order valence-electron chi connectivity index (χ2n) is 8.86. The molecule has 182 valence electrons. The van der Waals surface area contributed by atoms with Crippen LogP contribution >= 0.6 is 23.2 Å². The molecule has 0 radical (unpaired) electrons. The fourth-order valence-corrected chi connectivity index (χ4v) is 5.08. The Hall–Kier alpha value is -3.41. The van der Waals surface area contributed by atoms with Gasteiger partial charge in [-0.1, -0.05) is 65.7 Å². The van der Waals surface area contributed by atoms with Gasteiger partial charge in [0.2, 0.25) is 0 Å². The molecule has 0 saturated heterocycles. The number of allylic oxidation sites excluding steroid dienone is 1. The molecule has 0 aliphatic heterocycles. The van der Waals surface area contributed by atoms with E-state index in [1.165, 1.54) is 12.1 Å². The van der Waals surface area contributed by atoms with Gasteiger partial charge in [-0.2, -0.15) is 5.10 Å². The highest BCUT2D eigenvalue weighted by Crippen LogP contribution is 2.37. The fourth-order valence-electron chi connectivity index (χ4n) is 4.59. The number of rotatable bonds is 5. The standard InChI is InChI=1S/C29H24Cl2FN3O/c1-18(20-6-3-2-4-7-20)33-29(36)27-24-9-5-8-21(16-19-10-13-23(32)14-11-19)28(24)35(34-27)26-15-12-22(30)17-25(26)31/h2-4,6-7,10-18H,5,8-9H2,1H3,(H,33,36)/b21-16+/t18-/m1/s1.